The largest absolute Gasteiger partial charge is 0.473 e. The topological polar surface area (TPSA) is 27.1 Å². The summed E-state index contributed by atoms with van der Waals surface area (Å²) in [6.45, 7) is 0.641. The molecule has 0 spiro atoms. The number of aromatic nitrogens is 2. The van der Waals surface area contributed by atoms with Crippen molar-refractivity contribution in [3.8, 4) is 11.6 Å². The molecule has 0 amide bonds. The summed E-state index contributed by atoms with van der Waals surface area (Å²) in [4.78, 5) is 0. The predicted molar refractivity (Wildman–Crippen MR) is 47.9 cm³/mol. The molecule has 0 bridgehead atoms. The van der Waals surface area contributed by atoms with E-state index < -0.39 is 0 Å². The van der Waals surface area contributed by atoms with Crippen LogP contribution in [0, 0.1) is 0 Å². The van der Waals surface area contributed by atoms with Gasteiger partial charge in [0.05, 0.1) is 11.9 Å². The molecule has 0 N–H and O–H groups in total. The van der Waals surface area contributed by atoms with Crippen molar-refractivity contribution in [2.24, 2.45) is 0 Å². The van der Waals surface area contributed by atoms with Crippen LogP contribution < -0.4 is 4.74 Å². The highest BCUT2D eigenvalue weighted by Crippen LogP contribution is 2.26. The Morgan fingerprint density at radius 3 is 3.15 bits per heavy atom. The average Bonchev–Trinajstić information content (AvgIpc) is 2.65. The number of hydrogen-bond donors (Lipinski definition) is 0. The molecule has 0 atom stereocenters. The molecule has 1 aliphatic heterocycles. The van der Waals surface area contributed by atoms with Crippen molar-refractivity contribution in [3.63, 3.8) is 0 Å². The van der Waals surface area contributed by atoms with Gasteiger partial charge in [0, 0.05) is 11.6 Å². The molecule has 1 aliphatic rings. The highest BCUT2D eigenvalue weighted by Gasteiger charge is 2.15. The molecule has 3 heteroatoms. The van der Waals surface area contributed by atoms with Gasteiger partial charge in [0.15, 0.2) is 0 Å². The van der Waals surface area contributed by atoms with Crippen molar-refractivity contribution in [1.82, 2.24) is 9.78 Å². The minimum absolute atomic E-state index is 0.641. The van der Waals surface area contributed by atoms with Crippen LogP contribution in [0.5, 0.6) is 5.88 Å². The Morgan fingerprint density at radius 1 is 1.23 bits per heavy atom. The van der Waals surface area contributed by atoms with E-state index in [9.17, 15) is 0 Å². The first-order valence-electron chi connectivity index (χ1n) is 4.20. The van der Waals surface area contributed by atoms with Crippen LogP contribution >= 0.6 is 0 Å². The fourth-order valence-electron chi connectivity index (χ4n) is 1.57. The fraction of sp³-hybridized carbons (Fsp3) is 0.100. The Bertz CT molecular complexity index is 448. The SMILES string of the molecule is c1ccc2c(c1)COc1ccnn1-2. The van der Waals surface area contributed by atoms with Gasteiger partial charge < -0.3 is 4.74 Å². The zero-order valence-corrected chi connectivity index (χ0v) is 6.97. The Kier molecular flexibility index (Phi) is 1.22. The second-order valence-electron chi connectivity index (χ2n) is 3.00. The first kappa shape index (κ1) is 6.71. The van der Waals surface area contributed by atoms with E-state index in [2.05, 4.69) is 11.2 Å². The van der Waals surface area contributed by atoms with Crippen molar-refractivity contribution in [1.29, 1.82) is 0 Å². The first-order chi connectivity index (χ1) is 6.45. The molecule has 1 aromatic heterocycles. The van der Waals surface area contributed by atoms with Crippen LogP contribution in [0.3, 0.4) is 0 Å². The molecule has 0 saturated heterocycles. The number of ether oxygens (including phenoxy) is 1. The van der Waals surface area contributed by atoms with Gasteiger partial charge in [-0.05, 0) is 6.07 Å². The van der Waals surface area contributed by atoms with E-state index in [0.717, 1.165) is 11.6 Å². The molecule has 2 aromatic rings. The monoisotopic (exact) mass is 172 g/mol. The number of benzene rings is 1. The van der Waals surface area contributed by atoms with Gasteiger partial charge in [0.2, 0.25) is 5.88 Å². The first-order valence-corrected chi connectivity index (χ1v) is 4.20. The molecule has 0 fully saturated rings. The van der Waals surface area contributed by atoms with Gasteiger partial charge in [0.1, 0.15) is 6.61 Å². The van der Waals surface area contributed by atoms with E-state index >= 15 is 0 Å². The van der Waals surface area contributed by atoms with Gasteiger partial charge in [-0.2, -0.15) is 5.10 Å². The van der Waals surface area contributed by atoms with Gasteiger partial charge in [-0.1, -0.05) is 18.2 Å². The number of fused-ring (bicyclic) bond motifs is 3. The summed E-state index contributed by atoms with van der Waals surface area (Å²) in [6.07, 6.45) is 1.75. The van der Waals surface area contributed by atoms with Gasteiger partial charge >= 0.3 is 0 Å². The molecule has 0 saturated carbocycles. The molecule has 1 aromatic carbocycles. The maximum absolute atomic E-state index is 5.49. The fourth-order valence-corrected chi connectivity index (χ4v) is 1.57. The molecular formula is C10H8N2O. The van der Waals surface area contributed by atoms with Crippen molar-refractivity contribution in [2.45, 2.75) is 6.61 Å². The molecule has 2 heterocycles. The third-order valence-electron chi connectivity index (χ3n) is 2.20. The highest BCUT2D eigenvalue weighted by molar-refractivity contribution is 5.44. The van der Waals surface area contributed by atoms with E-state index in [4.69, 9.17) is 4.74 Å². The minimum Gasteiger partial charge on any atom is -0.473 e. The summed E-state index contributed by atoms with van der Waals surface area (Å²) in [5.41, 5.74) is 2.30. The van der Waals surface area contributed by atoms with E-state index in [1.807, 2.05) is 28.9 Å². The molecule has 0 aliphatic carbocycles. The van der Waals surface area contributed by atoms with E-state index in [1.54, 1.807) is 6.20 Å². The second-order valence-corrected chi connectivity index (χ2v) is 3.00. The van der Waals surface area contributed by atoms with Gasteiger partial charge in [-0.3, -0.25) is 0 Å². The highest BCUT2D eigenvalue weighted by atomic mass is 16.5. The lowest BCUT2D eigenvalue weighted by molar-refractivity contribution is 0.271. The summed E-state index contributed by atoms with van der Waals surface area (Å²) in [7, 11) is 0. The molecule has 13 heavy (non-hydrogen) atoms. The minimum atomic E-state index is 0.641. The van der Waals surface area contributed by atoms with Gasteiger partial charge in [-0.15, -0.1) is 0 Å². The maximum Gasteiger partial charge on any atom is 0.216 e. The summed E-state index contributed by atoms with van der Waals surface area (Å²) in [5, 5.41) is 4.19. The van der Waals surface area contributed by atoms with Crippen LogP contribution in [0.4, 0.5) is 0 Å². The zero-order valence-electron chi connectivity index (χ0n) is 6.97. The Labute approximate surface area is 75.6 Å². The summed E-state index contributed by atoms with van der Waals surface area (Å²) >= 11 is 0. The second kappa shape index (κ2) is 2.36. The van der Waals surface area contributed by atoms with E-state index in [0.29, 0.717) is 6.61 Å². The predicted octanol–water partition coefficient (Wildman–Crippen LogP) is 1.76. The van der Waals surface area contributed by atoms with E-state index in [1.165, 1.54) is 5.56 Å². The quantitative estimate of drug-likeness (QED) is 0.605. The van der Waals surface area contributed by atoms with Crippen molar-refractivity contribution >= 4 is 0 Å². The van der Waals surface area contributed by atoms with Crippen LogP contribution in [0.1, 0.15) is 5.56 Å². The van der Waals surface area contributed by atoms with Crippen LogP contribution in [0.2, 0.25) is 0 Å². The summed E-state index contributed by atoms with van der Waals surface area (Å²) in [5.74, 6) is 0.818. The lowest BCUT2D eigenvalue weighted by Gasteiger charge is -2.18. The smallest absolute Gasteiger partial charge is 0.216 e. The van der Waals surface area contributed by atoms with Crippen LogP contribution in [0.15, 0.2) is 36.5 Å². The Hall–Kier alpha value is -1.77. The van der Waals surface area contributed by atoms with Crippen LogP contribution in [0.25, 0.3) is 5.69 Å². The number of para-hydroxylation sites is 1. The lowest BCUT2D eigenvalue weighted by atomic mass is 10.2. The van der Waals surface area contributed by atoms with Crippen molar-refractivity contribution in [3.05, 3.63) is 42.1 Å². The van der Waals surface area contributed by atoms with Crippen LogP contribution in [-0.4, -0.2) is 9.78 Å². The molecule has 3 rings (SSSR count). The van der Waals surface area contributed by atoms with Gasteiger partial charge in [0.25, 0.3) is 0 Å². The Morgan fingerprint density at radius 2 is 2.15 bits per heavy atom. The Balaban J connectivity index is 2.30. The standard InChI is InChI=1S/C10H8N2O/c1-2-4-9-8(3-1)7-13-10-5-6-11-12(9)10/h1-6H,7H2. The van der Waals surface area contributed by atoms with Gasteiger partial charge in [-0.25, -0.2) is 4.68 Å². The molecular weight excluding hydrogens is 164 g/mol. The summed E-state index contributed by atoms with van der Waals surface area (Å²) in [6, 6.07) is 10.00. The third kappa shape index (κ3) is 0.869. The van der Waals surface area contributed by atoms with Crippen molar-refractivity contribution < 1.29 is 4.74 Å². The maximum atomic E-state index is 5.49. The molecule has 0 radical (unpaired) electrons. The number of hydrogen-bond acceptors (Lipinski definition) is 2. The third-order valence-corrected chi connectivity index (χ3v) is 2.20. The summed E-state index contributed by atoms with van der Waals surface area (Å²) < 4.78 is 7.31. The van der Waals surface area contributed by atoms with Crippen molar-refractivity contribution in [2.75, 3.05) is 0 Å². The molecule has 64 valence electrons. The molecule has 3 nitrogen and oxygen atoms in total. The lowest BCUT2D eigenvalue weighted by Crippen LogP contribution is -2.12. The number of nitrogens with zero attached hydrogens (tertiary/aromatic N) is 2. The van der Waals surface area contributed by atoms with Crippen LogP contribution in [-0.2, 0) is 6.61 Å². The normalized spacial score (nSPS) is 12.9. The number of rotatable bonds is 0. The average molecular weight is 172 g/mol. The molecule has 0 unspecified atom stereocenters. The zero-order chi connectivity index (χ0) is 8.67. The van der Waals surface area contributed by atoms with E-state index in [-0.39, 0.29) is 0 Å².